The van der Waals surface area contributed by atoms with Crippen LogP contribution in [0, 0.1) is 19.8 Å². The molecular formula is C15H23N. The summed E-state index contributed by atoms with van der Waals surface area (Å²) < 4.78 is 0. The summed E-state index contributed by atoms with van der Waals surface area (Å²) in [7, 11) is 0. The average Bonchev–Trinajstić information content (AvgIpc) is 2.29. The molecule has 1 nitrogen and oxygen atoms in total. The maximum Gasteiger partial charge on any atom is 0.0326 e. The maximum absolute atomic E-state index is 6.42. The molecule has 0 unspecified atom stereocenters. The second kappa shape index (κ2) is 5.01. The molecule has 0 spiro atoms. The van der Waals surface area contributed by atoms with Crippen LogP contribution in [0.25, 0.3) is 0 Å². The molecule has 88 valence electrons. The fraction of sp³-hybridized carbons (Fsp3) is 0.600. The van der Waals surface area contributed by atoms with Crippen molar-refractivity contribution in [3.05, 3.63) is 34.9 Å². The van der Waals surface area contributed by atoms with Crippen molar-refractivity contribution >= 4 is 0 Å². The van der Waals surface area contributed by atoms with Crippen molar-refractivity contribution in [2.24, 2.45) is 11.7 Å². The lowest BCUT2D eigenvalue weighted by atomic mass is 9.80. The summed E-state index contributed by atoms with van der Waals surface area (Å²) in [6.07, 6.45) is 6.76. The van der Waals surface area contributed by atoms with Crippen LogP contribution in [0.2, 0.25) is 0 Å². The molecule has 0 radical (unpaired) electrons. The Morgan fingerprint density at radius 1 is 1.12 bits per heavy atom. The molecule has 1 fully saturated rings. The van der Waals surface area contributed by atoms with E-state index >= 15 is 0 Å². The third-order valence-electron chi connectivity index (χ3n) is 3.94. The van der Waals surface area contributed by atoms with Crippen LogP contribution >= 0.6 is 0 Å². The van der Waals surface area contributed by atoms with Gasteiger partial charge in [0, 0.05) is 6.04 Å². The highest BCUT2D eigenvalue weighted by molar-refractivity contribution is 5.33. The van der Waals surface area contributed by atoms with Gasteiger partial charge in [0.1, 0.15) is 0 Å². The molecule has 1 saturated carbocycles. The Bertz CT molecular complexity index is 350. The van der Waals surface area contributed by atoms with Crippen LogP contribution in [-0.4, -0.2) is 0 Å². The third kappa shape index (κ3) is 2.46. The van der Waals surface area contributed by atoms with Gasteiger partial charge in [0.25, 0.3) is 0 Å². The van der Waals surface area contributed by atoms with Crippen LogP contribution in [0.3, 0.4) is 0 Å². The first kappa shape index (κ1) is 11.7. The molecule has 2 rings (SSSR count). The normalized spacial score (nSPS) is 19.7. The molecule has 0 heterocycles. The molecule has 1 aliphatic rings. The van der Waals surface area contributed by atoms with E-state index in [1.807, 2.05) is 0 Å². The maximum atomic E-state index is 6.42. The molecule has 16 heavy (non-hydrogen) atoms. The molecule has 1 atom stereocenters. The van der Waals surface area contributed by atoms with Gasteiger partial charge in [0.2, 0.25) is 0 Å². The number of benzene rings is 1. The van der Waals surface area contributed by atoms with Gasteiger partial charge in [-0.05, 0) is 43.7 Å². The second-order valence-corrected chi connectivity index (χ2v) is 5.28. The standard InChI is InChI=1S/C15H23N/c1-11-8-9-14(12(2)10-11)15(16)13-6-4-3-5-7-13/h8-10,13,15H,3-7,16H2,1-2H3/t15-/m1/s1. The van der Waals surface area contributed by atoms with Crippen molar-refractivity contribution in [3.63, 3.8) is 0 Å². The van der Waals surface area contributed by atoms with Gasteiger partial charge in [-0.2, -0.15) is 0 Å². The molecule has 0 saturated heterocycles. The van der Waals surface area contributed by atoms with Crippen molar-refractivity contribution < 1.29 is 0 Å². The summed E-state index contributed by atoms with van der Waals surface area (Å²) in [5.41, 5.74) is 10.5. The highest BCUT2D eigenvalue weighted by Crippen LogP contribution is 2.34. The number of hydrogen-bond acceptors (Lipinski definition) is 1. The van der Waals surface area contributed by atoms with Crippen LogP contribution in [0.5, 0.6) is 0 Å². The van der Waals surface area contributed by atoms with Crippen LogP contribution in [0.4, 0.5) is 0 Å². The molecule has 1 aromatic carbocycles. The zero-order valence-corrected chi connectivity index (χ0v) is 10.5. The Hall–Kier alpha value is -0.820. The lowest BCUT2D eigenvalue weighted by Gasteiger charge is -2.28. The van der Waals surface area contributed by atoms with E-state index in [0.717, 1.165) is 0 Å². The molecule has 1 aliphatic carbocycles. The minimum absolute atomic E-state index is 0.251. The van der Waals surface area contributed by atoms with Crippen molar-refractivity contribution in [1.82, 2.24) is 0 Å². The average molecular weight is 217 g/mol. The molecule has 1 heteroatoms. The predicted octanol–water partition coefficient (Wildman–Crippen LogP) is 3.88. The van der Waals surface area contributed by atoms with Gasteiger partial charge in [0.05, 0.1) is 0 Å². The van der Waals surface area contributed by atoms with Gasteiger partial charge in [-0.1, -0.05) is 43.0 Å². The van der Waals surface area contributed by atoms with Gasteiger partial charge in [-0.3, -0.25) is 0 Å². The van der Waals surface area contributed by atoms with Crippen LogP contribution < -0.4 is 5.73 Å². The first-order chi connectivity index (χ1) is 7.68. The largest absolute Gasteiger partial charge is 0.324 e. The number of nitrogens with two attached hydrogens (primary N) is 1. The Morgan fingerprint density at radius 2 is 1.81 bits per heavy atom. The van der Waals surface area contributed by atoms with Crippen molar-refractivity contribution in [1.29, 1.82) is 0 Å². The Morgan fingerprint density at radius 3 is 2.44 bits per heavy atom. The van der Waals surface area contributed by atoms with E-state index in [9.17, 15) is 0 Å². The van der Waals surface area contributed by atoms with E-state index in [1.54, 1.807) is 0 Å². The number of aryl methyl sites for hydroxylation is 2. The zero-order chi connectivity index (χ0) is 11.5. The third-order valence-corrected chi connectivity index (χ3v) is 3.94. The molecule has 0 amide bonds. The first-order valence-electron chi connectivity index (χ1n) is 6.51. The van der Waals surface area contributed by atoms with E-state index in [0.29, 0.717) is 5.92 Å². The quantitative estimate of drug-likeness (QED) is 0.799. The van der Waals surface area contributed by atoms with Gasteiger partial charge in [-0.25, -0.2) is 0 Å². The Labute approximate surface area is 99.0 Å². The lowest BCUT2D eigenvalue weighted by Crippen LogP contribution is -2.24. The minimum Gasteiger partial charge on any atom is -0.324 e. The zero-order valence-electron chi connectivity index (χ0n) is 10.5. The highest BCUT2D eigenvalue weighted by Gasteiger charge is 2.22. The Kier molecular flexibility index (Phi) is 3.65. The summed E-state index contributed by atoms with van der Waals surface area (Å²) in [5.74, 6) is 0.704. The van der Waals surface area contributed by atoms with Crippen molar-refractivity contribution in [3.8, 4) is 0 Å². The van der Waals surface area contributed by atoms with Gasteiger partial charge < -0.3 is 5.73 Å². The predicted molar refractivity (Wildman–Crippen MR) is 69.4 cm³/mol. The van der Waals surface area contributed by atoms with Gasteiger partial charge in [0.15, 0.2) is 0 Å². The van der Waals surface area contributed by atoms with Crippen LogP contribution in [-0.2, 0) is 0 Å². The molecule has 1 aromatic rings. The molecule has 2 N–H and O–H groups in total. The molecule has 0 aliphatic heterocycles. The lowest BCUT2D eigenvalue weighted by molar-refractivity contribution is 0.307. The monoisotopic (exact) mass is 217 g/mol. The second-order valence-electron chi connectivity index (χ2n) is 5.28. The summed E-state index contributed by atoms with van der Waals surface area (Å²) in [4.78, 5) is 0. The summed E-state index contributed by atoms with van der Waals surface area (Å²) in [5, 5.41) is 0. The van der Waals surface area contributed by atoms with E-state index < -0.39 is 0 Å². The van der Waals surface area contributed by atoms with E-state index in [1.165, 1.54) is 48.8 Å². The fourth-order valence-electron chi connectivity index (χ4n) is 2.95. The fourth-order valence-corrected chi connectivity index (χ4v) is 2.95. The van der Waals surface area contributed by atoms with E-state index in [-0.39, 0.29) is 6.04 Å². The smallest absolute Gasteiger partial charge is 0.0326 e. The van der Waals surface area contributed by atoms with E-state index in [2.05, 4.69) is 32.0 Å². The van der Waals surface area contributed by atoms with Crippen molar-refractivity contribution in [2.75, 3.05) is 0 Å². The van der Waals surface area contributed by atoms with Crippen molar-refractivity contribution in [2.45, 2.75) is 52.0 Å². The molecular weight excluding hydrogens is 194 g/mol. The topological polar surface area (TPSA) is 26.0 Å². The SMILES string of the molecule is Cc1ccc([C@H](N)C2CCCCC2)c(C)c1. The minimum atomic E-state index is 0.251. The summed E-state index contributed by atoms with van der Waals surface area (Å²) in [6.45, 7) is 4.33. The van der Waals surface area contributed by atoms with E-state index in [4.69, 9.17) is 5.73 Å². The summed E-state index contributed by atoms with van der Waals surface area (Å²) >= 11 is 0. The summed E-state index contributed by atoms with van der Waals surface area (Å²) in [6, 6.07) is 6.91. The molecule has 0 bridgehead atoms. The Balaban J connectivity index is 2.15. The highest BCUT2D eigenvalue weighted by atomic mass is 14.7. The molecule has 0 aromatic heterocycles. The van der Waals surface area contributed by atoms with Crippen LogP contribution in [0.1, 0.15) is 54.8 Å². The first-order valence-corrected chi connectivity index (χ1v) is 6.51. The number of rotatable bonds is 2. The number of hydrogen-bond donors (Lipinski definition) is 1. The van der Waals surface area contributed by atoms with Gasteiger partial charge in [-0.15, -0.1) is 0 Å². The van der Waals surface area contributed by atoms with Crippen LogP contribution in [0.15, 0.2) is 18.2 Å². The van der Waals surface area contributed by atoms with Gasteiger partial charge >= 0.3 is 0 Å².